The van der Waals surface area contributed by atoms with Gasteiger partial charge in [-0.2, -0.15) is 0 Å². The van der Waals surface area contributed by atoms with E-state index in [2.05, 4.69) is 66.8 Å². The molecule has 0 fully saturated rings. The second-order valence-corrected chi connectivity index (χ2v) is 5.32. The highest BCUT2D eigenvalue weighted by atomic mass is 16.5. The predicted octanol–water partition coefficient (Wildman–Crippen LogP) is 4.83. The lowest BCUT2D eigenvalue weighted by atomic mass is 9.98. The van der Waals surface area contributed by atoms with E-state index in [1.165, 1.54) is 16.8 Å². The number of ether oxygens (including phenoxy) is 1. The number of nitrogens with one attached hydrogen (secondary N) is 1. The quantitative estimate of drug-likeness (QED) is 0.749. The molecule has 0 radical (unpaired) electrons. The molecular weight excluding hydrogens is 258 g/mol. The first-order valence-corrected chi connectivity index (χ1v) is 7.75. The fourth-order valence-electron chi connectivity index (χ4n) is 2.40. The minimum atomic E-state index is 0.567. The Morgan fingerprint density at radius 2 is 1.71 bits per heavy atom. The molecule has 2 aromatic carbocycles. The van der Waals surface area contributed by atoms with Gasteiger partial charge in [0.25, 0.3) is 0 Å². The number of benzene rings is 2. The number of para-hydroxylation sites is 1. The van der Waals surface area contributed by atoms with Crippen molar-refractivity contribution in [3.8, 4) is 0 Å². The van der Waals surface area contributed by atoms with E-state index in [0.29, 0.717) is 12.5 Å². The highest BCUT2D eigenvalue weighted by Crippen LogP contribution is 2.20. The first kappa shape index (κ1) is 15.6. The fraction of sp³-hybridized carbons (Fsp3) is 0.368. The van der Waals surface area contributed by atoms with Gasteiger partial charge < -0.3 is 10.1 Å². The van der Waals surface area contributed by atoms with Crippen molar-refractivity contribution in [1.29, 1.82) is 0 Å². The second-order valence-electron chi connectivity index (χ2n) is 5.32. The Bertz CT molecular complexity index is 524. The summed E-state index contributed by atoms with van der Waals surface area (Å²) in [4.78, 5) is 0. The topological polar surface area (TPSA) is 21.3 Å². The molecule has 2 nitrogen and oxygen atoms in total. The van der Waals surface area contributed by atoms with E-state index in [-0.39, 0.29) is 0 Å². The number of anilines is 1. The van der Waals surface area contributed by atoms with Crippen molar-refractivity contribution in [2.45, 2.75) is 32.8 Å². The Balaban J connectivity index is 1.86. The first-order chi connectivity index (χ1) is 10.3. The van der Waals surface area contributed by atoms with E-state index in [1.807, 2.05) is 6.92 Å². The summed E-state index contributed by atoms with van der Waals surface area (Å²) in [5.41, 5.74) is 3.82. The third kappa shape index (κ3) is 4.91. The van der Waals surface area contributed by atoms with E-state index in [1.54, 1.807) is 0 Å². The van der Waals surface area contributed by atoms with Gasteiger partial charge >= 0.3 is 0 Å². The predicted molar refractivity (Wildman–Crippen MR) is 89.7 cm³/mol. The van der Waals surface area contributed by atoms with Crippen molar-refractivity contribution < 1.29 is 4.74 Å². The third-order valence-electron chi connectivity index (χ3n) is 3.74. The molecule has 2 rings (SSSR count). The van der Waals surface area contributed by atoms with Crippen LogP contribution in [0.5, 0.6) is 0 Å². The van der Waals surface area contributed by atoms with E-state index >= 15 is 0 Å². The molecule has 0 aliphatic rings. The number of hydrogen-bond donors (Lipinski definition) is 1. The maximum absolute atomic E-state index is 5.52. The van der Waals surface area contributed by atoms with Crippen LogP contribution in [0, 0.1) is 0 Å². The van der Waals surface area contributed by atoms with Gasteiger partial charge in [-0.05, 0) is 30.9 Å². The molecule has 1 atom stereocenters. The summed E-state index contributed by atoms with van der Waals surface area (Å²) >= 11 is 0. The van der Waals surface area contributed by atoms with Gasteiger partial charge in [0.05, 0.1) is 6.61 Å². The Labute approximate surface area is 128 Å². The molecule has 1 N–H and O–H groups in total. The smallest absolute Gasteiger partial charge is 0.0736 e. The summed E-state index contributed by atoms with van der Waals surface area (Å²) < 4.78 is 5.52. The molecule has 0 bridgehead atoms. The van der Waals surface area contributed by atoms with Crippen molar-refractivity contribution in [2.24, 2.45) is 0 Å². The second kappa shape index (κ2) is 8.48. The molecule has 2 heteroatoms. The molecule has 0 saturated carbocycles. The van der Waals surface area contributed by atoms with E-state index in [0.717, 1.165) is 19.6 Å². The summed E-state index contributed by atoms with van der Waals surface area (Å²) in [5.74, 6) is 0.567. The summed E-state index contributed by atoms with van der Waals surface area (Å²) in [6.07, 6.45) is 1.12. The van der Waals surface area contributed by atoms with Crippen molar-refractivity contribution in [2.75, 3.05) is 18.5 Å². The summed E-state index contributed by atoms with van der Waals surface area (Å²) in [5, 5.41) is 3.54. The zero-order valence-electron chi connectivity index (χ0n) is 13.0. The van der Waals surface area contributed by atoms with Crippen LogP contribution in [0.3, 0.4) is 0 Å². The molecule has 0 saturated heterocycles. The lowest BCUT2D eigenvalue weighted by Crippen LogP contribution is -2.08. The van der Waals surface area contributed by atoms with Crippen molar-refractivity contribution in [3.63, 3.8) is 0 Å². The Morgan fingerprint density at radius 3 is 2.48 bits per heavy atom. The van der Waals surface area contributed by atoms with Crippen LogP contribution in [0.4, 0.5) is 5.69 Å². The minimum Gasteiger partial charge on any atom is -0.385 e. The van der Waals surface area contributed by atoms with E-state index < -0.39 is 0 Å². The highest BCUT2D eigenvalue weighted by molar-refractivity contribution is 5.50. The largest absolute Gasteiger partial charge is 0.385 e. The summed E-state index contributed by atoms with van der Waals surface area (Å²) in [6.45, 7) is 6.70. The van der Waals surface area contributed by atoms with Gasteiger partial charge in [0.2, 0.25) is 0 Å². The molecule has 0 spiro atoms. The monoisotopic (exact) mass is 283 g/mol. The van der Waals surface area contributed by atoms with Gasteiger partial charge in [-0.25, -0.2) is 0 Å². The summed E-state index contributed by atoms with van der Waals surface area (Å²) in [6, 6.07) is 19.1. The van der Waals surface area contributed by atoms with Gasteiger partial charge in [0.15, 0.2) is 0 Å². The standard InChI is InChI=1S/C19H25NO/c1-3-21-15-18-11-7-8-12-19(18)20-14-13-16(2)17-9-5-4-6-10-17/h4-12,16,20H,3,13-15H2,1-2H3. The maximum atomic E-state index is 5.52. The van der Waals surface area contributed by atoms with Gasteiger partial charge in [0, 0.05) is 24.4 Å². The van der Waals surface area contributed by atoms with Crippen LogP contribution in [0.15, 0.2) is 54.6 Å². The van der Waals surface area contributed by atoms with Crippen molar-refractivity contribution in [3.05, 3.63) is 65.7 Å². The molecule has 0 aliphatic carbocycles. The van der Waals surface area contributed by atoms with Crippen molar-refractivity contribution in [1.82, 2.24) is 0 Å². The molecule has 0 aliphatic heterocycles. The van der Waals surface area contributed by atoms with Crippen LogP contribution < -0.4 is 5.32 Å². The minimum absolute atomic E-state index is 0.567. The lowest BCUT2D eigenvalue weighted by Gasteiger charge is -2.15. The normalized spacial score (nSPS) is 12.1. The summed E-state index contributed by atoms with van der Waals surface area (Å²) in [7, 11) is 0. The Kier molecular flexibility index (Phi) is 6.29. The molecule has 112 valence electrons. The van der Waals surface area contributed by atoms with E-state index in [9.17, 15) is 0 Å². The average Bonchev–Trinajstić information content (AvgIpc) is 2.54. The van der Waals surface area contributed by atoms with Crippen molar-refractivity contribution >= 4 is 5.69 Å². The maximum Gasteiger partial charge on any atom is 0.0736 e. The number of rotatable bonds is 8. The van der Waals surface area contributed by atoms with Gasteiger partial charge in [0.1, 0.15) is 0 Å². The third-order valence-corrected chi connectivity index (χ3v) is 3.74. The lowest BCUT2D eigenvalue weighted by molar-refractivity contribution is 0.134. The molecule has 0 aromatic heterocycles. The number of hydrogen-bond acceptors (Lipinski definition) is 2. The Morgan fingerprint density at radius 1 is 1.00 bits per heavy atom. The Hall–Kier alpha value is -1.80. The zero-order valence-corrected chi connectivity index (χ0v) is 13.0. The van der Waals surface area contributed by atoms with Crippen LogP contribution in [-0.4, -0.2) is 13.2 Å². The zero-order chi connectivity index (χ0) is 14.9. The highest BCUT2D eigenvalue weighted by Gasteiger charge is 2.05. The average molecular weight is 283 g/mol. The molecule has 0 amide bonds. The van der Waals surface area contributed by atoms with Crippen LogP contribution in [0.1, 0.15) is 37.3 Å². The molecule has 0 heterocycles. The van der Waals surface area contributed by atoms with Gasteiger partial charge in [-0.15, -0.1) is 0 Å². The SMILES string of the molecule is CCOCc1ccccc1NCCC(C)c1ccccc1. The molecule has 2 aromatic rings. The first-order valence-electron chi connectivity index (χ1n) is 7.75. The van der Waals surface area contributed by atoms with Crippen LogP contribution in [-0.2, 0) is 11.3 Å². The van der Waals surface area contributed by atoms with Crippen LogP contribution in [0.25, 0.3) is 0 Å². The molecular formula is C19H25NO. The van der Waals surface area contributed by atoms with Gasteiger partial charge in [-0.3, -0.25) is 0 Å². The van der Waals surface area contributed by atoms with Crippen LogP contribution >= 0.6 is 0 Å². The molecule has 1 unspecified atom stereocenters. The van der Waals surface area contributed by atoms with E-state index in [4.69, 9.17) is 4.74 Å². The van der Waals surface area contributed by atoms with Gasteiger partial charge in [-0.1, -0.05) is 55.5 Å². The fourth-order valence-corrected chi connectivity index (χ4v) is 2.40. The molecule has 21 heavy (non-hydrogen) atoms. The van der Waals surface area contributed by atoms with Crippen LogP contribution in [0.2, 0.25) is 0 Å².